The lowest BCUT2D eigenvalue weighted by atomic mass is 10.3. The number of nitrogens with two attached hydrogens (primary N) is 7. The first-order valence-electron chi connectivity index (χ1n) is 13.0. The summed E-state index contributed by atoms with van der Waals surface area (Å²) in [6, 6.07) is 0. The molecule has 0 heterocycles. The summed E-state index contributed by atoms with van der Waals surface area (Å²) in [6.07, 6.45) is 1.13. The lowest BCUT2D eigenvalue weighted by Crippen LogP contribution is -2.27. The van der Waals surface area contributed by atoms with E-state index in [1.807, 2.05) is 6.92 Å². The van der Waals surface area contributed by atoms with Crippen molar-refractivity contribution in [3.8, 4) is 0 Å². The molecule has 0 aliphatic rings. The van der Waals surface area contributed by atoms with E-state index >= 15 is 0 Å². The van der Waals surface area contributed by atoms with Crippen molar-refractivity contribution in [3.05, 3.63) is 60.8 Å². The van der Waals surface area contributed by atoms with Crippen molar-refractivity contribution in [1.82, 2.24) is 5.32 Å². The first kappa shape index (κ1) is 54.9. The van der Waals surface area contributed by atoms with Crippen LogP contribution in [0.5, 0.6) is 0 Å². The Bertz CT molecular complexity index is 649. The Labute approximate surface area is 258 Å². The number of primary amides is 5. The van der Waals surface area contributed by atoms with Crippen LogP contribution in [0.1, 0.15) is 54.9 Å². The molecule has 14 heteroatoms. The van der Waals surface area contributed by atoms with Gasteiger partial charge >= 0.3 is 0 Å². The number of amides is 5. The van der Waals surface area contributed by atoms with Crippen molar-refractivity contribution in [2.45, 2.75) is 54.9 Å². The third-order valence-electron chi connectivity index (χ3n) is 3.30. The van der Waals surface area contributed by atoms with Gasteiger partial charge in [-0.15, -0.1) is 0 Å². The minimum atomic E-state index is -0.435. The van der Waals surface area contributed by atoms with Crippen LogP contribution in [-0.2, 0) is 28.7 Å². The van der Waals surface area contributed by atoms with Crippen LogP contribution in [-0.4, -0.2) is 68.9 Å². The number of hydrogen-bond acceptors (Lipinski definition) is 9. The van der Waals surface area contributed by atoms with Crippen LogP contribution in [0.3, 0.4) is 0 Å². The average Bonchev–Trinajstić information content (AvgIpc) is 2.89. The Kier molecular flexibility index (Phi) is 54.1. The number of carbonyl (C=O) groups excluding carboxylic acids is 5. The fraction of sp³-hybridized carbons (Fsp3) is 0.483. The van der Waals surface area contributed by atoms with Gasteiger partial charge in [-0.1, -0.05) is 39.8 Å². The highest BCUT2D eigenvalue weighted by molar-refractivity contribution is 5.91. The van der Waals surface area contributed by atoms with E-state index in [4.69, 9.17) is 44.9 Å². The molecule has 0 aliphatic heterocycles. The average molecular weight is 617 g/mol. The van der Waals surface area contributed by atoms with Crippen LogP contribution in [0.4, 0.5) is 0 Å². The van der Waals surface area contributed by atoms with Gasteiger partial charge in [-0.05, 0) is 48.0 Å². The van der Waals surface area contributed by atoms with Gasteiger partial charge < -0.3 is 50.2 Å². The summed E-state index contributed by atoms with van der Waals surface area (Å²) in [5.41, 5.74) is 35.8. The largest absolute Gasteiger partial charge is 0.382 e. The Balaban J connectivity index is -0.0000000704. The molecule has 252 valence electrons. The summed E-state index contributed by atoms with van der Waals surface area (Å²) in [5.74, 6) is -2.18. The summed E-state index contributed by atoms with van der Waals surface area (Å²) in [6.45, 7) is 33.3. The zero-order chi connectivity index (χ0) is 36.1. The zero-order valence-electron chi connectivity index (χ0n) is 27.5. The quantitative estimate of drug-likeness (QED) is 0.109. The standard InChI is InChI=1S/C5H12O.C4H13N3.5C4H7NO/c1-3-5-6-4-2;5-1-3-7-4-2-6;5*1-3(2)4(5)6/h3-5H2,1-2H3;7H,1-6H2;5*1H2,2H3,(H2,5,6). The monoisotopic (exact) mass is 616 g/mol. The molecule has 0 saturated heterocycles. The predicted octanol–water partition coefficient (Wildman–Crippen LogP) is 0.165. The van der Waals surface area contributed by atoms with Crippen molar-refractivity contribution in [1.29, 1.82) is 0 Å². The van der Waals surface area contributed by atoms with Crippen molar-refractivity contribution in [2.24, 2.45) is 40.1 Å². The molecule has 14 nitrogen and oxygen atoms in total. The number of nitrogens with one attached hydrogen (secondary N) is 1. The third kappa shape index (κ3) is 93.1. The van der Waals surface area contributed by atoms with Crippen LogP contribution in [0, 0.1) is 0 Å². The van der Waals surface area contributed by atoms with E-state index in [1.165, 1.54) is 0 Å². The van der Waals surface area contributed by atoms with E-state index in [0.29, 0.717) is 41.0 Å². The van der Waals surface area contributed by atoms with Gasteiger partial charge in [0.05, 0.1) is 0 Å². The number of carbonyl (C=O) groups is 5. The maximum Gasteiger partial charge on any atom is 0.243 e. The van der Waals surface area contributed by atoms with Crippen molar-refractivity contribution in [3.63, 3.8) is 0 Å². The topological polar surface area (TPSA) is 289 Å². The molecule has 0 saturated carbocycles. The molecule has 0 spiro atoms. The molecule has 15 N–H and O–H groups in total. The van der Waals surface area contributed by atoms with Crippen LogP contribution in [0.25, 0.3) is 0 Å². The van der Waals surface area contributed by atoms with Gasteiger partial charge in [-0.3, -0.25) is 24.0 Å². The van der Waals surface area contributed by atoms with E-state index < -0.39 is 29.5 Å². The Hall–Kier alpha value is -4.11. The molecular weight excluding hydrogens is 556 g/mol. The van der Waals surface area contributed by atoms with Gasteiger partial charge in [0.25, 0.3) is 0 Å². The lowest BCUT2D eigenvalue weighted by molar-refractivity contribution is -0.115. The first-order chi connectivity index (χ1) is 19.5. The Morgan fingerprint density at radius 1 is 0.535 bits per heavy atom. The van der Waals surface area contributed by atoms with E-state index in [2.05, 4.69) is 45.1 Å². The van der Waals surface area contributed by atoms with Gasteiger partial charge in [0, 0.05) is 67.3 Å². The summed E-state index contributed by atoms with van der Waals surface area (Å²) in [5, 5.41) is 3.03. The van der Waals surface area contributed by atoms with Gasteiger partial charge in [-0.2, -0.15) is 0 Å². The van der Waals surface area contributed by atoms with Crippen molar-refractivity contribution in [2.75, 3.05) is 39.4 Å². The smallest absolute Gasteiger partial charge is 0.243 e. The number of hydrogen-bond donors (Lipinski definition) is 8. The highest BCUT2D eigenvalue weighted by Crippen LogP contribution is 1.80. The first-order valence-corrected chi connectivity index (χ1v) is 13.0. The SMILES string of the molecule is C=C(C)C(N)=O.C=C(C)C(N)=O.C=C(C)C(N)=O.C=C(C)C(N)=O.C=C(C)C(N)=O.CCCOCC.NCCNCCN. The van der Waals surface area contributed by atoms with Crippen LogP contribution in [0.15, 0.2) is 60.8 Å². The van der Waals surface area contributed by atoms with Gasteiger partial charge in [0.1, 0.15) is 0 Å². The lowest BCUT2D eigenvalue weighted by Gasteiger charge is -1.95. The molecule has 0 aliphatic carbocycles. The van der Waals surface area contributed by atoms with Crippen LogP contribution >= 0.6 is 0 Å². The third-order valence-corrected chi connectivity index (χ3v) is 3.30. The summed E-state index contributed by atoms with van der Waals surface area (Å²) in [4.78, 5) is 49.1. The van der Waals surface area contributed by atoms with Gasteiger partial charge in [0.2, 0.25) is 29.5 Å². The van der Waals surface area contributed by atoms with Crippen LogP contribution in [0.2, 0.25) is 0 Å². The minimum Gasteiger partial charge on any atom is -0.382 e. The Morgan fingerprint density at radius 2 is 0.721 bits per heavy atom. The minimum absolute atomic E-state index is 0.398. The molecular formula is C29H60N8O6. The summed E-state index contributed by atoms with van der Waals surface area (Å²) < 4.78 is 4.98. The molecule has 0 radical (unpaired) electrons. The van der Waals surface area contributed by atoms with Gasteiger partial charge in [0.15, 0.2) is 0 Å². The molecule has 0 atom stereocenters. The summed E-state index contributed by atoms with van der Waals surface area (Å²) >= 11 is 0. The second-order valence-corrected chi connectivity index (χ2v) is 8.25. The predicted molar refractivity (Wildman–Crippen MR) is 178 cm³/mol. The molecule has 0 aromatic heterocycles. The van der Waals surface area contributed by atoms with E-state index in [-0.39, 0.29) is 0 Å². The van der Waals surface area contributed by atoms with E-state index in [1.54, 1.807) is 34.6 Å². The fourth-order valence-corrected chi connectivity index (χ4v) is 0.618. The van der Waals surface area contributed by atoms with Crippen LogP contribution < -0.4 is 45.5 Å². The molecule has 5 amide bonds. The summed E-state index contributed by atoms with van der Waals surface area (Å²) in [7, 11) is 0. The molecule has 0 aromatic rings. The molecule has 0 fully saturated rings. The number of ether oxygens (including phenoxy) is 1. The highest BCUT2D eigenvalue weighted by atomic mass is 16.5. The molecule has 0 rings (SSSR count). The second kappa shape index (κ2) is 42.4. The molecule has 0 aromatic carbocycles. The zero-order valence-corrected chi connectivity index (χ0v) is 27.5. The van der Waals surface area contributed by atoms with Gasteiger partial charge in [-0.25, -0.2) is 0 Å². The van der Waals surface area contributed by atoms with Crippen molar-refractivity contribution >= 4 is 29.5 Å². The second-order valence-electron chi connectivity index (χ2n) is 8.25. The highest BCUT2D eigenvalue weighted by Gasteiger charge is 1.88. The molecule has 0 bridgehead atoms. The number of rotatable bonds is 12. The fourth-order valence-electron chi connectivity index (χ4n) is 0.618. The maximum absolute atomic E-state index is 9.82. The molecule has 43 heavy (non-hydrogen) atoms. The van der Waals surface area contributed by atoms with E-state index in [9.17, 15) is 24.0 Å². The maximum atomic E-state index is 9.82. The van der Waals surface area contributed by atoms with Crippen molar-refractivity contribution < 1.29 is 28.7 Å². The normalized spacial score (nSPS) is 8.02. The van der Waals surface area contributed by atoms with E-state index in [0.717, 1.165) is 32.7 Å². The Morgan fingerprint density at radius 3 is 0.791 bits per heavy atom. The molecule has 0 unspecified atom stereocenters.